The number of quaternary nitrogens is 1. The van der Waals surface area contributed by atoms with E-state index in [2.05, 4.69) is 33.2 Å². The van der Waals surface area contributed by atoms with Crippen LogP contribution in [0.3, 0.4) is 0 Å². The minimum atomic E-state index is -0.0796. The molecule has 0 radical (unpaired) electrons. The van der Waals surface area contributed by atoms with Crippen LogP contribution in [0.2, 0.25) is 0 Å². The van der Waals surface area contributed by atoms with Gasteiger partial charge < -0.3 is 9.22 Å². The van der Waals surface area contributed by atoms with Gasteiger partial charge in [-0.2, -0.15) is 0 Å². The van der Waals surface area contributed by atoms with Gasteiger partial charge in [0.1, 0.15) is 6.54 Å². The summed E-state index contributed by atoms with van der Waals surface area (Å²) in [5.74, 6) is -0.0796. The highest BCUT2D eigenvalue weighted by molar-refractivity contribution is 5.70. The number of carbonyl (C=O) groups is 1. The number of hydrogen-bond acceptors (Lipinski definition) is 2. The van der Waals surface area contributed by atoms with Crippen LogP contribution in [0.1, 0.15) is 89.5 Å². The summed E-state index contributed by atoms with van der Waals surface area (Å²) in [4.78, 5) is 12.1. The Bertz CT molecular complexity index is 499. The van der Waals surface area contributed by atoms with Crippen LogP contribution in [0.4, 0.5) is 0 Å². The van der Waals surface area contributed by atoms with Crippen molar-refractivity contribution in [2.75, 3.05) is 27.2 Å². The second-order valence-electron chi connectivity index (χ2n) is 8.85. The van der Waals surface area contributed by atoms with Gasteiger partial charge >= 0.3 is 5.97 Å². The van der Waals surface area contributed by atoms with E-state index in [-0.39, 0.29) is 5.97 Å². The summed E-state index contributed by atoms with van der Waals surface area (Å²) in [6.07, 6.45) is 15.9. The summed E-state index contributed by atoms with van der Waals surface area (Å²) in [7, 11) is 4.16. The summed E-state index contributed by atoms with van der Waals surface area (Å²) >= 11 is 0. The molecule has 0 atom stereocenters. The van der Waals surface area contributed by atoms with Crippen molar-refractivity contribution < 1.29 is 14.0 Å². The molecule has 28 heavy (non-hydrogen) atoms. The number of hydrogen-bond donors (Lipinski definition) is 0. The highest BCUT2D eigenvalue weighted by atomic mass is 16.5. The van der Waals surface area contributed by atoms with Gasteiger partial charge in [-0.15, -0.1) is 0 Å². The van der Waals surface area contributed by atoms with Crippen molar-refractivity contribution in [1.82, 2.24) is 0 Å². The zero-order chi connectivity index (χ0) is 20.5. The van der Waals surface area contributed by atoms with Crippen molar-refractivity contribution in [1.29, 1.82) is 0 Å². The summed E-state index contributed by atoms with van der Waals surface area (Å²) in [6, 6.07) is 10.3. The zero-order valence-corrected chi connectivity index (χ0v) is 18.8. The standard InChI is InChI=1S/C25H44NO2/c1-4-5-6-7-8-9-10-11-12-13-14-18-21-28-25(27)23-26(2,3)22-24-19-16-15-17-20-24/h15-17,19-20H,4-14,18,21-23H2,1-3H3/q+1. The van der Waals surface area contributed by atoms with Crippen LogP contribution >= 0.6 is 0 Å². The van der Waals surface area contributed by atoms with Crippen LogP contribution in [0.5, 0.6) is 0 Å². The minimum absolute atomic E-state index is 0.0796. The van der Waals surface area contributed by atoms with Crippen molar-refractivity contribution in [3.8, 4) is 0 Å². The average Bonchev–Trinajstić information content (AvgIpc) is 2.65. The lowest BCUT2D eigenvalue weighted by Gasteiger charge is -2.28. The molecule has 3 heteroatoms. The molecule has 1 aromatic rings. The van der Waals surface area contributed by atoms with Crippen LogP contribution in [0.15, 0.2) is 30.3 Å². The lowest BCUT2D eigenvalue weighted by molar-refractivity contribution is -0.896. The fraction of sp³-hybridized carbons (Fsp3) is 0.720. The Hall–Kier alpha value is -1.35. The Morgan fingerprint density at radius 1 is 0.786 bits per heavy atom. The van der Waals surface area contributed by atoms with Crippen molar-refractivity contribution >= 4 is 5.97 Å². The van der Waals surface area contributed by atoms with Gasteiger partial charge in [-0.25, -0.2) is 4.79 Å². The smallest absolute Gasteiger partial charge is 0.361 e. The summed E-state index contributed by atoms with van der Waals surface area (Å²) in [5, 5.41) is 0. The number of nitrogens with zero attached hydrogens (tertiary/aromatic N) is 1. The van der Waals surface area contributed by atoms with E-state index in [1.54, 1.807) is 0 Å². The monoisotopic (exact) mass is 390 g/mol. The molecule has 0 heterocycles. The molecule has 160 valence electrons. The van der Waals surface area contributed by atoms with Crippen LogP contribution in [-0.2, 0) is 16.1 Å². The first-order valence-electron chi connectivity index (χ1n) is 11.5. The lowest BCUT2D eigenvalue weighted by Crippen LogP contribution is -2.43. The first kappa shape index (κ1) is 24.7. The summed E-state index contributed by atoms with van der Waals surface area (Å²) < 4.78 is 6.08. The van der Waals surface area contributed by atoms with E-state index in [0.717, 1.165) is 13.0 Å². The summed E-state index contributed by atoms with van der Waals surface area (Å²) in [5.41, 5.74) is 1.25. The number of carbonyl (C=O) groups excluding carboxylic acids is 1. The molecule has 0 unspecified atom stereocenters. The third-order valence-electron chi connectivity index (χ3n) is 5.27. The molecule has 0 saturated carbocycles. The third kappa shape index (κ3) is 13.8. The predicted molar refractivity (Wildman–Crippen MR) is 119 cm³/mol. The molecule has 0 aliphatic rings. The molecule has 0 fully saturated rings. The second-order valence-corrected chi connectivity index (χ2v) is 8.85. The molecule has 0 aliphatic heterocycles. The molecule has 0 aliphatic carbocycles. The van der Waals surface area contributed by atoms with Gasteiger partial charge in [0.25, 0.3) is 0 Å². The van der Waals surface area contributed by atoms with Gasteiger partial charge in [0.15, 0.2) is 6.54 Å². The van der Waals surface area contributed by atoms with Gasteiger partial charge in [-0.05, 0) is 6.42 Å². The van der Waals surface area contributed by atoms with Crippen molar-refractivity contribution in [3.05, 3.63) is 35.9 Å². The number of benzene rings is 1. The van der Waals surface area contributed by atoms with Crippen LogP contribution in [-0.4, -0.2) is 37.7 Å². The Morgan fingerprint density at radius 2 is 1.29 bits per heavy atom. The molecule has 1 rings (SSSR count). The Morgan fingerprint density at radius 3 is 1.82 bits per heavy atom. The Kier molecular flexibility index (Phi) is 13.7. The maximum atomic E-state index is 12.1. The third-order valence-corrected chi connectivity index (χ3v) is 5.27. The Labute approximate surface area is 174 Å². The van der Waals surface area contributed by atoms with Gasteiger partial charge in [-0.3, -0.25) is 0 Å². The highest BCUT2D eigenvalue weighted by Gasteiger charge is 2.21. The molecular weight excluding hydrogens is 346 g/mol. The number of rotatable bonds is 17. The van der Waals surface area contributed by atoms with E-state index in [1.165, 1.54) is 76.2 Å². The fourth-order valence-corrected chi connectivity index (χ4v) is 3.66. The van der Waals surface area contributed by atoms with E-state index < -0.39 is 0 Å². The van der Waals surface area contributed by atoms with E-state index >= 15 is 0 Å². The van der Waals surface area contributed by atoms with Crippen LogP contribution in [0, 0.1) is 0 Å². The Balaban J connectivity index is 1.95. The van der Waals surface area contributed by atoms with Gasteiger partial charge in [0.2, 0.25) is 0 Å². The van der Waals surface area contributed by atoms with Crippen LogP contribution < -0.4 is 0 Å². The lowest BCUT2D eigenvalue weighted by atomic mass is 10.1. The molecule has 0 bridgehead atoms. The van der Waals surface area contributed by atoms with Crippen molar-refractivity contribution in [3.63, 3.8) is 0 Å². The highest BCUT2D eigenvalue weighted by Crippen LogP contribution is 2.12. The number of esters is 1. The first-order valence-corrected chi connectivity index (χ1v) is 11.5. The van der Waals surface area contributed by atoms with Gasteiger partial charge in [-0.1, -0.05) is 108 Å². The molecule has 0 N–H and O–H groups in total. The topological polar surface area (TPSA) is 26.3 Å². The summed E-state index contributed by atoms with van der Waals surface area (Å²) in [6.45, 7) is 4.11. The second kappa shape index (κ2) is 15.6. The SMILES string of the molecule is CCCCCCCCCCCCCCOC(=O)C[N+](C)(C)Cc1ccccc1. The normalized spacial score (nSPS) is 11.5. The molecule has 0 saturated heterocycles. The molecule has 0 aromatic heterocycles. The molecular formula is C25H44NO2+. The maximum Gasteiger partial charge on any atom is 0.361 e. The van der Waals surface area contributed by atoms with Gasteiger partial charge in [0, 0.05) is 5.56 Å². The minimum Gasteiger partial charge on any atom is -0.462 e. The fourth-order valence-electron chi connectivity index (χ4n) is 3.66. The zero-order valence-electron chi connectivity index (χ0n) is 18.8. The van der Waals surface area contributed by atoms with E-state index in [0.29, 0.717) is 17.6 Å². The first-order chi connectivity index (χ1) is 13.5. The average molecular weight is 391 g/mol. The number of likely N-dealkylation sites (N-methyl/N-ethyl adjacent to an activating group) is 1. The van der Waals surface area contributed by atoms with Gasteiger partial charge in [0.05, 0.1) is 20.7 Å². The quantitative estimate of drug-likeness (QED) is 0.172. The molecule has 0 amide bonds. The maximum absolute atomic E-state index is 12.1. The number of ether oxygens (including phenoxy) is 1. The largest absolute Gasteiger partial charge is 0.462 e. The number of unbranched alkanes of at least 4 members (excludes halogenated alkanes) is 11. The molecule has 1 aromatic carbocycles. The van der Waals surface area contributed by atoms with Crippen LogP contribution in [0.25, 0.3) is 0 Å². The molecule has 3 nitrogen and oxygen atoms in total. The molecule has 0 spiro atoms. The van der Waals surface area contributed by atoms with E-state index in [9.17, 15) is 4.79 Å². The van der Waals surface area contributed by atoms with E-state index in [4.69, 9.17) is 4.74 Å². The van der Waals surface area contributed by atoms with Crippen molar-refractivity contribution in [2.45, 2.75) is 90.5 Å². The van der Waals surface area contributed by atoms with Crippen molar-refractivity contribution in [2.24, 2.45) is 0 Å². The predicted octanol–water partition coefficient (Wildman–Crippen LogP) is 6.51. The van der Waals surface area contributed by atoms with E-state index in [1.807, 2.05) is 18.2 Å².